The van der Waals surface area contributed by atoms with Crippen LogP contribution < -0.4 is 0 Å². The molecule has 0 heterocycles. The molecule has 0 fully saturated rings. The van der Waals surface area contributed by atoms with Crippen LogP contribution in [0.4, 0.5) is 8.78 Å². The van der Waals surface area contributed by atoms with Crippen molar-refractivity contribution in [1.82, 2.24) is 0 Å². The number of nitriles is 1. The predicted molar refractivity (Wildman–Crippen MR) is 43.4 cm³/mol. The Balaban J connectivity index is 3.19. The average Bonchev–Trinajstić information content (AvgIpc) is 2.07. The molecule has 62 valence electrons. The average molecular weight is 232 g/mol. The first-order valence-electron chi connectivity index (χ1n) is 3.16. The molecule has 12 heavy (non-hydrogen) atoms. The molecular formula is C8H4BrF2N. The van der Waals surface area contributed by atoms with E-state index in [0.29, 0.717) is 0 Å². The lowest BCUT2D eigenvalue weighted by molar-refractivity contribution is 0.564. The van der Waals surface area contributed by atoms with Gasteiger partial charge in [0.2, 0.25) is 0 Å². The van der Waals surface area contributed by atoms with Crippen molar-refractivity contribution in [2.45, 2.75) is 6.42 Å². The summed E-state index contributed by atoms with van der Waals surface area (Å²) in [7, 11) is 0. The third-order valence-corrected chi connectivity index (χ3v) is 2.11. The molecule has 0 aliphatic heterocycles. The smallest absolute Gasteiger partial charge is 0.144 e. The van der Waals surface area contributed by atoms with Gasteiger partial charge in [-0.1, -0.05) is 6.07 Å². The van der Waals surface area contributed by atoms with E-state index in [1.165, 1.54) is 6.07 Å². The molecule has 0 saturated heterocycles. The van der Waals surface area contributed by atoms with E-state index in [2.05, 4.69) is 15.9 Å². The topological polar surface area (TPSA) is 23.8 Å². The van der Waals surface area contributed by atoms with Crippen molar-refractivity contribution in [2.75, 3.05) is 0 Å². The summed E-state index contributed by atoms with van der Waals surface area (Å²) in [6.45, 7) is 0. The summed E-state index contributed by atoms with van der Waals surface area (Å²) in [6.07, 6.45) is -0.0509. The summed E-state index contributed by atoms with van der Waals surface area (Å²) < 4.78 is 25.4. The minimum Gasteiger partial charge on any atom is -0.206 e. The molecule has 0 N–H and O–H groups in total. The number of nitrogens with zero attached hydrogens (tertiary/aromatic N) is 1. The summed E-state index contributed by atoms with van der Waals surface area (Å²) in [5.41, 5.74) is 0.200. The number of benzene rings is 1. The highest BCUT2D eigenvalue weighted by molar-refractivity contribution is 9.10. The van der Waals surface area contributed by atoms with Gasteiger partial charge in [0.15, 0.2) is 0 Å². The summed E-state index contributed by atoms with van der Waals surface area (Å²) in [5, 5.41) is 8.28. The molecule has 0 amide bonds. The Hall–Kier alpha value is -0.950. The molecule has 0 saturated carbocycles. The Labute approximate surface area is 76.8 Å². The second kappa shape index (κ2) is 3.63. The Morgan fingerprint density at radius 2 is 2.08 bits per heavy atom. The lowest BCUT2D eigenvalue weighted by atomic mass is 10.1. The first-order valence-corrected chi connectivity index (χ1v) is 3.95. The van der Waals surface area contributed by atoms with Gasteiger partial charge in [-0.2, -0.15) is 5.26 Å². The van der Waals surface area contributed by atoms with E-state index < -0.39 is 11.6 Å². The molecule has 0 bridgehead atoms. The Morgan fingerprint density at radius 1 is 1.42 bits per heavy atom. The van der Waals surface area contributed by atoms with Crippen molar-refractivity contribution in [3.63, 3.8) is 0 Å². The van der Waals surface area contributed by atoms with Gasteiger partial charge in [0, 0.05) is 5.56 Å². The van der Waals surface area contributed by atoms with Crippen molar-refractivity contribution in [1.29, 1.82) is 5.26 Å². The number of rotatable bonds is 1. The quantitative estimate of drug-likeness (QED) is 0.683. The number of halogens is 3. The molecular weight excluding hydrogens is 228 g/mol. The SMILES string of the molecule is N#CCc1ccc(F)c(Br)c1F. The van der Waals surface area contributed by atoms with Crippen LogP contribution in [0.3, 0.4) is 0 Å². The van der Waals surface area contributed by atoms with Crippen LogP contribution in [0.5, 0.6) is 0 Å². The van der Waals surface area contributed by atoms with Crippen molar-refractivity contribution >= 4 is 15.9 Å². The highest BCUT2D eigenvalue weighted by atomic mass is 79.9. The fourth-order valence-electron chi connectivity index (χ4n) is 0.788. The standard InChI is InChI=1S/C8H4BrF2N/c9-7-6(10)2-1-5(3-4-12)8(7)11/h1-2H,3H2. The van der Waals surface area contributed by atoms with Gasteiger partial charge >= 0.3 is 0 Å². The number of hydrogen-bond acceptors (Lipinski definition) is 1. The number of hydrogen-bond donors (Lipinski definition) is 0. The molecule has 0 aliphatic rings. The van der Waals surface area contributed by atoms with Crippen LogP contribution in [-0.2, 0) is 6.42 Å². The zero-order valence-electron chi connectivity index (χ0n) is 5.94. The Bertz CT molecular complexity index is 344. The van der Waals surface area contributed by atoms with E-state index in [9.17, 15) is 8.78 Å². The monoisotopic (exact) mass is 231 g/mol. The summed E-state index contributed by atoms with van der Waals surface area (Å²) in [4.78, 5) is 0. The maximum Gasteiger partial charge on any atom is 0.144 e. The maximum absolute atomic E-state index is 13.0. The van der Waals surface area contributed by atoms with Crippen LogP contribution in [0.25, 0.3) is 0 Å². The van der Waals surface area contributed by atoms with Crippen molar-refractivity contribution in [2.24, 2.45) is 0 Å². The summed E-state index contributed by atoms with van der Waals surface area (Å²) >= 11 is 2.74. The van der Waals surface area contributed by atoms with Crippen molar-refractivity contribution in [3.8, 4) is 6.07 Å². The molecule has 1 rings (SSSR count). The van der Waals surface area contributed by atoms with E-state index in [0.717, 1.165) is 6.07 Å². The normalized spacial score (nSPS) is 9.50. The first-order chi connectivity index (χ1) is 5.66. The molecule has 0 unspecified atom stereocenters. The molecule has 0 aromatic heterocycles. The zero-order valence-corrected chi connectivity index (χ0v) is 7.53. The van der Waals surface area contributed by atoms with Gasteiger partial charge in [-0.15, -0.1) is 0 Å². The van der Waals surface area contributed by atoms with Gasteiger partial charge in [0.05, 0.1) is 17.0 Å². The fraction of sp³-hybridized carbons (Fsp3) is 0.125. The zero-order chi connectivity index (χ0) is 9.14. The molecule has 1 nitrogen and oxygen atoms in total. The van der Waals surface area contributed by atoms with E-state index in [4.69, 9.17) is 5.26 Å². The van der Waals surface area contributed by atoms with E-state index in [1.54, 1.807) is 6.07 Å². The third-order valence-electron chi connectivity index (χ3n) is 1.38. The summed E-state index contributed by atoms with van der Waals surface area (Å²) in [6, 6.07) is 4.18. The van der Waals surface area contributed by atoms with Crippen LogP contribution in [-0.4, -0.2) is 0 Å². The van der Waals surface area contributed by atoms with Gasteiger partial charge in [0.1, 0.15) is 11.6 Å². The summed E-state index contributed by atoms with van der Waals surface area (Å²) in [5.74, 6) is -1.36. The van der Waals surface area contributed by atoms with Gasteiger partial charge in [-0.05, 0) is 22.0 Å². The molecule has 1 aromatic rings. The second-order valence-corrected chi connectivity index (χ2v) is 2.96. The molecule has 0 atom stereocenters. The van der Waals surface area contributed by atoms with Crippen LogP contribution >= 0.6 is 15.9 Å². The van der Waals surface area contributed by atoms with Crippen molar-refractivity contribution in [3.05, 3.63) is 33.8 Å². The minimum atomic E-state index is -0.698. The highest BCUT2D eigenvalue weighted by Gasteiger charge is 2.09. The maximum atomic E-state index is 13.0. The second-order valence-electron chi connectivity index (χ2n) is 2.17. The van der Waals surface area contributed by atoms with E-state index >= 15 is 0 Å². The van der Waals surface area contributed by atoms with E-state index in [1.807, 2.05) is 0 Å². The molecule has 0 radical (unpaired) electrons. The first kappa shape index (κ1) is 9.14. The Kier molecular flexibility index (Phi) is 2.77. The van der Waals surface area contributed by atoms with Crippen LogP contribution in [0, 0.1) is 23.0 Å². The van der Waals surface area contributed by atoms with Gasteiger partial charge in [-0.3, -0.25) is 0 Å². The third kappa shape index (κ3) is 1.62. The highest BCUT2D eigenvalue weighted by Crippen LogP contribution is 2.22. The Morgan fingerprint density at radius 3 is 2.67 bits per heavy atom. The van der Waals surface area contributed by atoms with Gasteiger partial charge < -0.3 is 0 Å². The lowest BCUT2D eigenvalue weighted by Crippen LogP contribution is -1.92. The van der Waals surface area contributed by atoms with Crippen LogP contribution in [0.15, 0.2) is 16.6 Å². The predicted octanol–water partition coefficient (Wildman–Crippen LogP) is 2.79. The molecule has 0 spiro atoms. The van der Waals surface area contributed by atoms with Crippen LogP contribution in [0.2, 0.25) is 0 Å². The van der Waals surface area contributed by atoms with Crippen LogP contribution in [0.1, 0.15) is 5.56 Å². The molecule has 0 aliphatic carbocycles. The molecule has 1 aromatic carbocycles. The van der Waals surface area contributed by atoms with Crippen molar-refractivity contribution < 1.29 is 8.78 Å². The fourth-order valence-corrected chi connectivity index (χ4v) is 1.17. The molecule has 4 heteroatoms. The largest absolute Gasteiger partial charge is 0.206 e. The lowest BCUT2D eigenvalue weighted by Gasteiger charge is -2.00. The van der Waals surface area contributed by atoms with Gasteiger partial charge in [-0.25, -0.2) is 8.78 Å². The minimum absolute atomic E-state index is 0.0509. The van der Waals surface area contributed by atoms with Gasteiger partial charge in [0.25, 0.3) is 0 Å². The van der Waals surface area contributed by atoms with E-state index in [-0.39, 0.29) is 16.5 Å².